The van der Waals surface area contributed by atoms with E-state index in [0.717, 1.165) is 12.7 Å². The highest BCUT2D eigenvalue weighted by atomic mass is 16.7. The van der Waals surface area contributed by atoms with E-state index in [1.165, 1.54) is 11.1 Å². The Hall–Kier alpha value is -2.49. The predicted octanol–water partition coefficient (Wildman–Crippen LogP) is 2.95. The normalized spacial score (nSPS) is 17.8. The summed E-state index contributed by atoms with van der Waals surface area (Å²) in [5.74, 6) is 2.17. The molecule has 1 aliphatic heterocycles. The first-order valence-electron chi connectivity index (χ1n) is 6.94. The number of hydrogen-bond donors (Lipinski definition) is 0. The molecule has 21 heavy (non-hydrogen) atoms. The highest BCUT2D eigenvalue weighted by Crippen LogP contribution is 2.39. The van der Waals surface area contributed by atoms with Crippen molar-refractivity contribution in [1.29, 1.82) is 0 Å². The lowest BCUT2D eigenvalue weighted by atomic mass is 9.78. The molecule has 4 nitrogen and oxygen atoms in total. The van der Waals surface area contributed by atoms with Gasteiger partial charge in [0.25, 0.3) is 0 Å². The van der Waals surface area contributed by atoms with Gasteiger partial charge in [-0.1, -0.05) is 24.3 Å². The first-order valence-corrected chi connectivity index (χ1v) is 6.94. The van der Waals surface area contributed by atoms with Gasteiger partial charge in [-0.05, 0) is 23.6 Å². The summed E-state index contributed by atoms with van der Waals surface area (Å²) in [6.45, 7) is 0.755. The monoisotopic (exact) mass is 282 g/mol. The first-order chi connectivity index (χ1) is 10.3. The number of carbonyl (C=O) groups excluding carboxylic acids is 1. The summed E-state index contributed by atoms with van der Waals surface area (Å²) in [4.78, 5) is 11.2. The maximum absolute atomic E-state index is 11.2. The van der Waals surface area contributed by atoms with Crippen molar-refractivity contribution in [1.82, 2.24) is 0 Å². The Labute approximate surface area is 122 Å². The molecule has 106 valence electrons. The second-order valence-electron chi connectivity index (χ2n) is 5.27. The van der Waals surface area contributed by atoms with Crippen LogP contribution in [0.4, 0.5) is 0 Å². The summed E-state index contributed by atoms with van der Waals surface area (Å²) in [5.41, 5.74) is 3.21. The maximum atomic E-state index is 11.2. The van der Waals surface area contributed by atoms with Gasteiger partial charge in [0.1, 0.15) is 5.75 Å². The SMILES string of the molecule is O=Cc1cc2c(cc1OCC1Cc3ccccc31)OCO2. The summed E-state index contributed by atoms with van der Waals surface area (Å²) in [5, 5.41) is 0. The van der Waals surface area contributed by atoms with E-state index in [2.05, 4.69) is 18.2 Å². The van der Waals surface area contributed by atoms with Gasteiger partial charge in [-0.15, -0.1) is 0 Å². The fourth-order valence-corrected chi connectivity index (χ4v) is 2.86. The van der Waals surface area contributed by atoms with E-state index in [-0.39, 0.29) is 6.79 Å². The highest BCUT2D eigenvalue weighted by Gasteiger charge is 2.26. The number of rotatable bonds is 4. The fraction of sp³-hybridized carbons (Fsp3) is 0.235. The third-order valence-corrected chi connectivity index (χ3v) is 4.03. The van der Waals surface area contributed by atoms with E-state index < -0.39 is 0 Å². The van der Waals surface area contributed by atoms with Crippen LogP contribution in [0.5, 0.6) is 17.2 Å². The molecule has 0 bridgehead atoms. The van der Waals surface area contributed by atoms with Crippen LogP contribution in [0.2, 0.25) is 0 Å². The smallest absolute Gasteiger partial charge is 0.231 e. The molecule has 0 aromatic heterocycles. The Kier molecular flexibility index (Phi) is 2.81. The van der Waals surface area contributed by atoms with Crippen molar-refractivity contribution in [3.05, 3.63) is 53.1 Å². The molecule has 4 rings (SSSR count). The number of carbonyl (C=O) groups is 1. The zero-order valence-electron chi connectivity index (χ0n) is 11.4. The van der Waals surface area contributed by atoms with E-state index in [1.807, 2.05) is 6.07 Å². The number of hydrogen-bond acceptors (Lipinski definition) is 4. The lowest BCUT2D eigenvalue weighted by Gasteiger charge is -2.30. The van der Waals surface area contributed by atoms with Gasteiger partial charge in [0.05, 0.1) is 12.2 Å². The molecule has 0 fully saturated rings. The largest absolute Gasteiger partial charge is 0.492 e. The lowest BCUT2D eigenvalue weighted by Crippen LogP contribution is -2.23. The van der Waals surface area contributed by atoms with Gasteiger partial charge in [-0.2, -0.15) is 0 Å². The van der Waals surface area contributed by atoms with Crippen molar-refractivity contribution < 1.29 is 19.0 Å². The van der Waals surface area contributed by atoms with Crippen molar-refractivity contribution in [2.75, 3.05) is 13.4 Å². The summed E-state index contributed by atoms with van der Waals surface area (Å²) in [6.07, 6.45) is 1.81. The Morgan fingerprint density at radius 2 is 2.00 bits per heavy atom. The van der Waals surface area contributed by atoms with Gasteiger partial charge in [-0.25, -0.2) is 0 Å². The minimum atomic E-state index is 0.188. The standard InChI is InChI=1S/C17H14O4/c18-8-12-6-16-17(21-10-20-16)7-15(12)19-9-13-5-11-3-1-2-4-14(11)13/h1-4,6-8,13H,5,9-10H2. The molecule has 0 N–H and O–H groups in total. The Morgan fingerprint density at radius 3 is 2.81 bits per heavy atom. The second-order valence-corrected chi connectivity index (χ2v) is 5.27. The molecule has 0 saturated heterocycles. The zero-order chi connectivity index (χ0) is 14.2. The summed E-state index contributed by atoms with van der Waals surface area (Å²) in [6, 6.07) is 11.8. The Morgan fingerprint density at radius 1 is 1.19 bits per heavy atom. The molecule has 1 heterocycles. The zero-order valence-corrected chi connectivity index (χ0v) is 11.4. The maximum Gasteiger partial charge on any atom is 0.231 e. The van der Waals surface area contributed by atoms with Crippen molar-refractivity contribution in [2.24, 2.45) is 0 Å². The van der Waals surface area contributed by atoms with Crippen molar-refractivity contribution in [3.63, 3.8) is 0 Å². The van der Waals surface area contributed by atoms with Gasteiger partial charge >= 0.3 is 0 Å². The molecule has 2 aromatic rings. The molecule has 4 heteroatoms. The van der Waals surface area contributed by atoms with Gasteiger partial charge in [-0.3, -0.25) is 4.79 Å². The predicted molar refractivity (Wildman–Crippen MR) is 76.3 cm³/mol. The number of ether oxygens (including phenoxy) is 3. The van der Waals surface area contributed by atoms with E-state index in [4.69, 9.17) is 14.2 Å². The highest BCUT2D eigenvalue weighted by molar-refractivity contribution is 5.81. The second kappa shape index (κ2) is 4.81. The van der Waals surface area contributed by atoms with Crippen LogP contribution >= 0.6 is 0 Å². The van der Waals surface area contributed by atoms with Crippen LogP contribution in [0.25, 0.3) is 0 Å². The van der Waals surface area contributed by atoms with Crippen molar-refractivity contribution in [3.8, 4) is 17.2 Å². The Balaban J connectivity index is 1.52. The third-order valence-electron chi connectivity index (χ3n) is 4.03. The average Bonchev–Trinajstić information content (AvgIpc) is 2.94. The molecule has 0 spiro atoms. The quantitative estimate of drug-likeness (QED) is 0.809. The molecule has 0 saturated carbocycles. The van der Waals surface area contributed by atoms with Crippen molar-refractivity contribution in [2.45, 2.75) is 12.3 Å². The topological polar surface area (TPSA) is 44.8 Å². The number of fused-ring (bicyclic) bond motifs is 2. The van der Waals surface area contributed by atoms with Crippen LogP contribution in [-0.4, -0.2) is 19.7 Å². The van der Waals surface area contributed by atoms with Crippen LogP contribution in [0.3, 0.4) is 0 Å². The molecular formula is C17H14O4. The van der Waals surface area contributed by atoms with E-state index in [1.54, 1.807) is 12.1 Å². The molecule has 2 aromatic carbocycles. The Bertz CT molecular complexity index is 708. The van der Waals surface area contributed by atoms with Gasteiger partial charge in [0.15, 0.2) is 17.8 Å². The number of aldehydes is 1. The van der Waals surface area contributed by atoms with Gasteiger partial charge in [0.2, 0.25) is 6.79 Å². The van der Waals surface area contributed by atoms with Crippen LogP contribution in [-0.2, 0) is 6.42 Å². The van der Waals surface area contributed by atoms with Crippen LogP contribution in [0.1, 0.15) is 27.4 Å². The summed E-state index contributed by atoms with van der Waals surface area (Å²) in [7, 11) is 0. The molecule has 2 aliphatic rings. The average molecular weight is 282 g/mol. The van der Waals surface area contributed by atoms with E-state index in [0.29, 0.717) is 35.3 Å². The summed E-state index contributed by atoms with van der Waals surface area (Å²) >= 11 is 0. The fourth-order valence-electron chi connectivity index (χ4n) is 2.86. The molecule has 0 radical (unpaired) electrons. The van der Waals surface area contributed by atoms with Crippen LogP contribution in [0, 0.1) is 0 Å². The minimum absolute atomic E-state index is 0.188. The molecule has 1 atom stereocenters. The van der Waals surface area contributed by atoms with Crippen molar-refractivity contribution >= 4 is 6.29 Å². The third kappa shape index (κ3) is 2.03. The molecule has 1 unspecified atom stereocenters. The molecular weight excluding hydrogens is 268 g/mol. The molecule has 1 aliphatic carbocycles. The van der Waals surface area contributed by atoms with E-state index >= 15 is 0 Å². The number of benzene rings is 2. The van der Waals surface area contributed by atoms with Crippen LogP contribution in [0.15, 0.2) is 36.4 Å². The lowest BCUT2D eigenvalue weighted by molar-refractivity contribution is 0.111. The van der Waals surface area contributed by atoms with Crippen LogP contribution < -0.4 is 14.2 Å². The summed E-state index contributed by atoms with van der Waals surface area (Å²) < 4.78 is 16.4. The molecule has 0 amide bonds. The minimum Gasteiger partial charge on any atom is -0.492 e. The van der Waals surface area contributed by atoms with Gasteiger partial charge < -0.3 is 14.2 Å². The van der Waals surface area contributed by atoms with Gasteiger partial charge in [0, 0.05) is 12.0 Å². The van der Waals surface area contributed by atoms with E-state index in [9.17, 15) is 4.79 Å². The first kappa shape index (κ1) is 12.3.